The molecule has 1 aliphatic heterocycles. The maximum Gasteiger partial charge on any atom is 0.432 e. The molecule has 7 rings (SSSR count). The van der Waals surface area contributed by atoms with Gasteiger partial charge in [-0.2, -0.15) is 30.4 Å². The van der Waals surface area contributed by atoms with Crippen molar-refractivity contribution in [2.45, 2.75) is 81.1 Å². The SMILES string of the molecule is O=C(CCNC(=O)C1C2CC3C(OC(=O)C31)C2OC(=O)C12CC3CC(CC(C3)C1)C2)OC(C(F)(F)F)C(F)(F)S(=O)(=O)O. The fourth-order valence-electron chi connectivity index (χ4n) is 9.17. The van der Waals surface area contributed by atoms with E-state index < -0.39 is 93.8 Å². The number of halogens is 5. The Morgan fingerprint density at radius 1 is 1.00 bits per heavy atom. The van der Waals surface area contributed by atoms with Crippen LogP contribution in [-0.2, 0) is 43.5 Å². The third kappa shape index (κ3) is 4.97. The number of amides is 1. The molecule has 6 bridgehead atoms. The largest absolute Gasteiger partial charge is 0.458 e. The molecule has 11 nitrogen and oxygen atoms in total. The summed E-state index contributed by atoms with van der Waals surface area (Å²) in [6.07, 6.45) is -7.23. The van der Waals surface area contributed by atoms with Crippen LogP contribution in [0.1, 0.15) is 51.4 Å². The maximum absolute atomic E-state index is 13.7. The zero-order valence-electron chi connectivity index (χ0n) is 22.6. The molecule has 7 fully saturated rings. The normalized spacial score (nSPS) is 39.9. The van der Waals surface area contributed by atoms with Crippen molar-refractivity contribution < 1.29 is 68.3 Å². The van der Waals surface area contributed by atoms with Crippen LogP contribution in [0.2, 0.25) is 0 Å². The fraction of sp³-hybridized carbons (Fsp3) is 0.846. The topological polar surface area (TPSA) is 162 Å². The molecule has 1 amide bonds. The van der Waals surface area contributed by atoms with Crippen LogP contribution < -0.4 is 5.32 Å². The Labute approximate surface area is 242 Å². The van der Waals surface area contributed by atoms with Crippen LogP contribution in [0.4, 0.5) is 22.0 Å². The Morgan fingerprint density at radius 3 is 2.12 bits per heavy atom. The Kier molecular flexibility index (Phi) is 7.07. The first-order chi connectivity index (χ1) is 19.9. The molecule has 0 spiro atoms. The first-order valence-electron chi connectivity index (χ1n) is 14.2. The van der Waals surface area contributed by atoms with Crippen LogP contribution in [-0.4, -0.2) is 73.1 Å². The average Bonchev–Trinajstić information content (AvgIpc) is 3.49. The number of nitrogens with one attached hydrogen (secondary N) is 1. The van der Waals surface area contributed by atoms with Crippen LogP contribution >= 0.6 is 0 Å². The quantitative estimate of drug-likeness (QED) is 0.165. The second kappa shape index (κ2) is 9.97. The highest BCUT2D eigenvalue weighted by molar-refractivity contribution is 7.86. The lowest BCUT2D eigenvalue weighted by Crippen LogP contribution is -2.53. The summed E-state index contributed by atoms with van der Waals surface area (Å²) in [6, 6.07) is 0. The van der Waals surface area contributed by atoms with E-state index in [1.54, 1.807) is 0 Å². The summed E-state index contributed by atoms with van der Waals surface area (Å²) >= 11 is 0. The summed E-state index contributed by atoms with van der Waals surface area (Å²) in [4.78, 5) is 51.3. The second-order valence-electron chi connectivity index (χ2n) is 13.1. The molecule has 1 heterocycles. The number of hydrogen-bond donors (Lipinski definition) is 2. The van der Waals surface area contributed by atoms with E-state index in [-0.39, 0.29) is 11.9 Å². The van der Waals surface area contributed by atoms with Gasteiger partial charge in [0.25, 0.3) is 6.10 Å². The minimum Gasteiger partial charge on any atom is -0.458 e. The minimum absolute atomic E-state index is 0.341. The highest BCUT2D eigenvalue weighted by atomic mass is 32.2. The fourth-order valence-corrected chi connectivity index (χ4v) is 9.62. The lowest BCUT2D eigenvalue weighted by molar-refractivity contribution is -0.259. The zero-order chi connectivity index (χ0) is 31.3. The van der Waals surface area contributed by atoms with Crippen molar-refractivity contribution in [3.05, 3.63) is 0 Å². The predicted octanol–water partition coefficient (Wildman–Crippen LogP) is 2.38. The molecule has 2 N–H and O–H groups in total. The number of alkyl halides is 5. The van der Waals surface area contributed by atoms with E-state index in [4.69, 9.17) is 14.0 Å². The van der Waals surface area contributed by atoms with Gasteiger partial charge in [0.05, 0.1) is 23.7 Å². The van der Waals surface area contributed by atoms with Gasteiger partial charge in [-0.3, -0.25) is 23.7 Å². The Bertz CT molecular complexity index is 1300. The molecular formula is C26H30F5NO10S. The third-order valence-electron chi connectivity index (χ3n) is 10.4. The van der Waals surface area contributed by atoms with E-state index in [1.807, 2.05) is 0 Å². The minimum atomic E-state index is -6.60. The van der Waals surface area contributed by atoms with Gasteiger partial charge in [-0.15, -0.1) is 0 Å². The van der Waals surface area contributed by atoms with Gasteiger partial charge in [0, 0.05) is 18.4 Å². The second-order valence-corrected chi connectivity index (χ2v) is 14.6. The zero-order valence-corrected chi connectivity index (χ0v) is 23.4. The lowest BCUT2D eigenvalue weighted by Gasteiger charge is -2.55. The first kappa shape index (κ1) is 30.5. The monoisotopic (exact) mass is 643 g/mol. The van der Waals surface area contributed by atoms with Gasteiger partial charge in [0.2, 0.25) is 5.91 Å². The molecule has 6 aliphatic carbocycles. The van der Waals surface area contributed by atoms with E-state index in [0.717, 1.165) is 38.5 Å². The van der Waals surface area contributed by atoms with Crippen LogP contribution in [0.3, 0.4) is 0 Å². The number of hydrogen-bond acceptors (Lipinski definition) is 9. The Balaban J connectivity index is 1.08. The number of esters is 3. The van der Waals surface area contributed by atoms with Crippen LogP contribution in [0.15, 0.2) is 0 Å². The summed E-state index contributed by atoms with van der Waals surface area (Å²) < 4.78 is 112. The van der Waals surface area contributed by atoms with Crippen molar-refractivity contribution in [2.24, 2.45) is 46.8 Å². The van der Waals surface area contributed by atoms with Gasteiger partial charge in [0.15, 0.2) is 0 Å². The lowest BCUT2D eigenvalue weighted by atomic mass is 9.49. The van der Waals surface area contributed by atoms with Crippen molar-refractivity contribution in [1.29, 1.82) is 0 Å². The van der Waals surface area contributed by atoms with E-state index >= 15 is 0 Å². The molecule has 0 aromatic rings. The van der Waals surface area contributed by atoms with Crippen LogP contribution in [0, 0.1) is 46.8 Å². The number of carbonyl (C=O) groups excluding carboxylic acids is 4. The molecule has 17 heteroatoms. The van der Waals surface area contributed by atoms with E-state index in [9.17, 15) is 49.5 Å². The standard InChI is InChI=1S/C26H30F5NO10S/c27-25(28,29)22(26(30,31)43(37,38)39)40-15(33)1-2-32-20(34)16-13-6-14-17(16)21(35)41-18(14)19(13)42-23(36)24-7-10-3-11(8-24)5-12(4-10)9-24/h10-14,16-19,22H,1-9H2,(H,32,34)(H,37,38,39). The summed E-state index contributed by atoms with van der Waals surface area (Å²) in [5.74, 6) is -5.10. The Morgan fingerprint density at radius 2 is 1.58 bits per heavy atom. The molecule has 0 aromatic carbocycles. The summed E-state index contributed by atoms with van der Waals surface area (Å²) in [5.41, 5.74) is -0.586. The Hall–Kier alpha value is -2.56. The van der Waals surface area contributed by atoms with Crippen molar-refractivity contribution in [2.75, 3.05) is 6.54 Å². The third-order valence-corrected chi connectivity index (χ3v) is 11.3. The van der Waals surface area contributed by atoms with E-state index in [1.165, 1.54) is 0 Å². The number of rotatable bonds is 9. The van der Waals surface area contributed by atoms with Gasteiger partial charge < -0.3 is 19.5 Å². The van der Waals surface area contributed by atoms with E-state index in [0.29, 0.717) is 24.2 Å². The number of fused-ring (bicyclic) bond motifs is 1. The highest BCUT2D eigenvalue weighted by Crippen LogP contribution is 2.62. The molecule has 6 saturated carbocycles. The van der Waals surface area contributed by atoms with Gasteiger partial charge in [-0.25, -0.2) is 0 Å². The summed E-state index contributed by atoms with van der Waals surface area (Å²) in [7, 11) is -6.60. The van der Waals surface area contributed by atoms with Gasteiger partial charge in [-0.05, 0) is 62.7 Å². The van der Waals surface area contributed by atoms with Gasteiger partial charge in [0.1, 0.15) is 12.2 Å². The molecule has 7 unspecified atom stereocenters. The smallest absolute Gasteiger partial charge is 0.432 e. The van der Waals surface area contributed by atoms with Gasteiger partial charge >= 0.3 is 39.5 Å². The summed E-state index contributed by atoms with van der Waals surface area (Å²) in [6.45, 7) is -0.698. The molecular weight excluding hydrogens is 613 g/mol. The van der Waals surface area contributed by atoms with Crippen molar-refractivity contribution in [1.82, 2.24) is 5.32 Å². The van der Waals surface area contributed by atoms with Crippen molar-refractivity contribution >= 4 is 33.9 Å². The highest BCUT2D eigenvalue weighted by Gasteiger charge is 2.70. The number of carbonyl (C=O) groups is 4. The molecule has 7 aliphatic rings. The van der Waals surface area contributed by atoms with Crippen LogP contribution in [0.25, 0.3) is 0 Å². The van der Waals surface area contributed by atoms with Crippen molar-refractivity contribution in [3.8, 4) is 0 Å². The van der Waals surface area contributed by atoms with Gasteiger partial charge in [-0.1, -0.05) is 0 Å². The maximum atomic E-state index is 13.7. The molecule has 0 radical (unpaired) electrons. The molecule has 7 atom stereocenters. The molecule has 1 saturated heterocycles. The van der Waals surface area contributed by atoms with Crippen LogP contribution in [0.5, 0.6) is 0 Å². The predicted molar refractivity (Wildman–Crippen MR) is 129 cm³/mol. The number of ether oxygens (including phenoxy) is 3. The van der Waals surface area contributed by atoms with E-state index in [2.05, 4.69) is 10.1 Å². The summed E-state index contributed by atoms with van der Waals surface area (Å²) in [5, 5.41) is -3.60. The van der Waals surface area contributed by atoms with Crippen molar-refractivity contribution in [3.63, 3.8) is 0 Å². The average molecular weight is 644 g/mol. The molecule has 43 heavy (non-hydrogen) atoms. The first-order valence-corrected chi connectivity index (χ1v) is 15.7. The molecule has 0 aromatic heterocycles. The molecule has 240 valence electrons.